The lowest BCUT2D eigenvalue weighted by Gasteiger charge is -2.10. The van der Waals surface area contributed by atoms with Crippen molar-refractivity contribution >= 4 is 12.4 Å². The van der Waals surface area contributed by atoms with Gasteiger partial charge in [0.1, 0.15) is 0 Å². The van der Waals surface area contributed by atoms with Crippen LogP contribution in [0, 0.1) is 11.3 Å². The van der Waals surface area contributed by atoms with Crippen molar-refractivity contribution in [1.29, 1.82) is 5.26 Å². The highest BCUT2D eigenvalue weighted by molar-refractivity contribution is 5.81. The van der Waals surface area contributed by atoms with Gasteiger partial charge in [-0.2, -0.15) is 5.26 Å². The number of hydrogen-bond donors (Lipinski definition) is 1. The lowest BCUT2D eigenvalue weighted by Crippen LogP contribution is -2.36. The highest BCUT2D eigenvalue weighted by atomic mass is 16.5. The number of ether oxygens (including phenoxy) is 1. The maximum atomic E-state index is 10.9. The van der Waals surface area contributed by atoms with E-state index < -0.39 is 12.0 Å². The summed E-state index contributed by atoms with van der Waals surface area (Å²) in [5.41, 5.74) is 0. The van der Waals surface area contributed by atoms with Crippen LogP contribution in [0.3, 0.4) is 0 Å². The molecule has 0 aromatic heterocycles. The van der Waals surface area contributed by atoms with Gasteiger partial charge in [0.25, 0.3) is 0 Å². The molecule has 0 fully saturated rings. The molecule has 66 valence electrons. The van der Waals surface area contributed by atoms with Crippen LogP contribution in [0.2, 0.25) is 0 Å². The second-order valence-electron chi connectivity index (χ2n) is 2.33. The second kappa shape index (κ2) is 5.13. The van der Waals surface area contributed by atoms with E-state index in [2.05, 4.69) is 4.74 Å². The molecule has 0 aliphatic rings. The summed E-state index contributed by atoms with van der Waals surface area (Å²) >= 11 is 0. The molecular weight excluding hydrogens is 160 g/mol. The fraction of sp³-hybridized carbons (Fsp3) is 0.571. The van der Waals surface area contributed by atoms with E-state index in [9.17, 15) is 9.59 Å². The molecule has 12 heavy (non-hydrogen) atoms. The molecule has 0 bridgehead atoms. The molecule has 1 amide bonds. The minimum atomic E-state index is -1.20. The van der Waals surface area contributed by atoms with E-state index >= 15 is 0 Å². The van der Waals surface area contributed by atoms with E-state index in [1.807, 2.05) is 5.32 Å². The summed E-state index contributed by atoms with van der Waals surface area (Å²) in [5, 5.41) is 10.4. The Balaban J connectivity index is 4.05. The number of rotatable bonds is 4. The van der Waals surface area contributed by atoms with Crippen molar-refractivity contribution < 1.29 is 14.3 Å². The van der Waals surface area contributed by atoms with Gasteiger partial charge in [-0.15, -0.1) is 0 Å². The molecule has 0 rings (SSSR count). The Kier molecular flexibility index (Phi) is 4.46. The van der Waals surface area contributed by atoms with Gasteiger partial charge in [0, 0.05) is 0 Å². The van der Waals surface area contributed by atoms with Gasteiger partial charge in [-0.3, -0.25) is 4.79 Å². The monoisotopic (exact) mass is 170 g/mol. The Morgan fingerprint density at radius 2 is 2.25 bits per heavy atom. The predicted octanol–water partition coefficient (Wildman–Crippen LogP) is -0.424. The van der Waals surface area contributed by atoms with Gasteiger partial charge in [0.15, 0.2) is 0 Å². The molecule has 0 aliphatic heterocycles. The van der Waals surface area contributed by atoms with Crippen LogP contribution in [0.5, 0.6) is 0 Å². The molecule has 5 nitrogen and oxygen atoms in total. The average molecular weight is 170 g/mol. The lowest BCUT2D eigenvalue weighted by molar-refractivity contribution is -0.149. The molecule has 0 heterocycles. The topological polar surface area (TPSA) is 79.2 Å². The van der Waals surface area contributed by atoms with Gasteiger partial charge in [0.05, 0.1) is 12.2 Å². The molecule has 1 unspecified atom stereocenters. The van der Waals surface area contributed by atoms with Crippen LogP contribution in [0.15, 0.2) is 0 Å². The van der Waals surface area contributed by atoms with Crippen LogP contribution >= 0.6 is 0 Å². The first-order valence-electron chi connectivity index (χ1n) is 3.41. The smallest absolute Gasteiger partial charge is 0.343 e. The van der Waals surface area contributed by atoms with Crippen LogP contribution in [0.4, 0.5) is 0 Å². The first-order chi connectivity index (χ1) is 5.61. The molecule has 1 atom stereocenters. The zero-order chi connectivity index (χ0) is 9.56. The minimum Gasteiger partial charge on any atom is -0.461 e. The molecule has 0 radical (unpaired) electrons. The Hall–Kier alpha value is -1.57. The van der Waals surface area contributed by atoms with Gasteiger partial charge >= 0.3 is 5.97 Å². The Morgan fingerprint density at radius 3 is 2.58 bits per heavy atom. The number of hydrogen-bond acceptors (Lipinski definition) is 4. The molecule has 0 aromatic rings. The summed E-state index contributed by atoms with van der Waals surface area (Å²) < 4.78 is 4.67. The number of nitriles is 1. The van der Waals surface area contributed by atoms with Gasteiger partial charge in [-0.25, -0.2) is 4.79 Å². The predicted molar refractivity (Wildman–Crippen MR) is 39.8 cm³/mol. The highest BCUT2D eigenvalue weighted by Gasteiger charge is 2.18. The summed E-state index contributed by atoms with van der Waals surface area (Å²) in [4.78, 5) is 20.8. The standard InChI is InChI=1S/C7H10N2O3/c1-5(2)12-7(11)6(3-8)9-4-10/h4-6H,1-2H3,(H,9,10). The van der Waals surface area contributed by atoms with Crippen molar-refractivity contribution in [2.75, 3.05) is 0 Å². The third-order valence-electron chi connectivity index (χ3n) is 0.951. The van der Waals surface area contributed by atoms with E-state index in [4.69, 9.17) is 5.26 Å². The van der Waals surface area contributed by atoms with Crippen LogP contribution in [0.1, 0.15) is 13.8 Å². The number of nitrogens with one attached hydrogen (secondary N) is 1. The number of carbonyl (C=O) groups is 2. The SMILES string of the molecule is CC(C)OC(=O)C(C#N)NC=O. The van der Waals surface area contributed by atoms with E-state index in [1.54, 1.807) is 19.9 Å². The molecule has 0 spiro atoms. The quantitative estimate of drug-likeness (QED) is 0.459. The van der Waals surface area contributed by atoms with Gasteiger partial charge in [-0.1, -0.05) is 0 Å². The zero-order valence-corrected chi connectivity index (χ0v) is 6.90. The number of esters is 1. The van der Waals surface area contributed by atoms with Crippen molar-refractivity contribution in [3.63, 3.8) is 0 Å². The van der Waals surface area contributed by atoms with E-state index in [0.717, 1.165) is 0 Å². The summed E-state index contributed by atoms with van der Waals surface area (Å²) in [6, 6.07) is 0.387. The molecule has 0 saturated heterocycles. The minimum absolute atomic E-state index is 0.287. The fourth-order valence-corrected chi connectivity index (χ4v) is 0.526. The number of amides is 1. The van der Waals surface area contributed by atoms with Gasteiger partial charge < -0.3 is 10.1 Å². The normalized spacial score (nSPS) is 11.5. The molecule has 0 aromatic carbocycles. The summed E-state index contributed by atoms with van der Waals surface area (Å²) in [6.45, 7) is 3.32. The maximum Gasteiger partial charge on any atom is 0.343 e. The van der Waals surface area contributed by atoms with Gasteiger partial charge in [-0.05, 0) is 13.8 Å². The largest absolute Gasteiger partial charge is 0.461 e. The third kappa shape index (κ3) is 3.56. The number of carbonyl (C=O) groups excluding carboxylic acids is 2. The molecule has 0 aliphatic carbocycles. The average Bonchev–Trinajstić information content (AvgIpc) is 1.98. The molecule has 5 heteroatoms. The van der Waals surface area contributed by atoms with Crippen LogP contribution in [-0.4, -0.2) is 24.5 Å². The highest BCUT2D eigenvalue weighted by Crippen LogP contribution is 1.92. The molecular formula is C7H10N2O3. The Labute approximate surface area is 70.3 Å². The third-order valence-corrected chi connectivity index (χ3v) is 0.951. The second-order valence-corrected chi connectivity index (χ2v) is 2.33. The van der Waals surface area contributed by atoms with Crippen LogP contribution < -0.4 is 5.32 Å². The summed E-state index contributed by atoms with van der Waals surface area (Å²) in [5.74, 6) is -0.736. The number of nitrogens with zero attached hydrogens (tertiary/aromatic N) is 1. The van der Waals surface area contributed by atoms with E-state index in [-0.39, 0.29) is 12.5 Å². The summed E-state index contributed by atoms with van der Waals surface area (Å²) in [7, 11) is 0. The first-order valence-corrected chi connectivity index (χ1v) is 3.41. The van der Waals surface area contributed by atoms with Crippen molar-refractivity contribution in [1.82, 2.24) is 5.32 Å². The fourth-order valence-electron chi connectivity index (χ4n) is 0.526. The lowest BCUT2D eigenvalue weighted by atomic mass is 10.3. The van der Waals surface area contributed by atoms with Crippen molar-refractivity contribution in [3.8, 4) is 6.07 Å². The van der Waals surface area contributed by atoms with Gasteiger partial charge in [0.2, 0.25) is 12.5 Å². The maximum absolute atomic E-state index is 10.9. The Morgan fingerprint density at radius 1 is 1.67 bits per heavy atom. The zero-order valence-electron chi connectivity index (χ0n) is 6.90. The van der Waals surface area contributed by atoms with Crippen LogP contribution in [0.25, 0.3) is 0 Å². The molecule has 1 N–H and O–H groups in total. The molecule has 0 saturated carbocycles. The van der Waals surface area contributed by atoms with E-state index in [0.29, 0.717) is 0 Å². The van der Waals surface area contributed by atoms with Crippen molar-refractivity contribution in [2.24, 2.45) is 0 Å². The summed E-state index contributed by atoms with van der Waals surface area (Å²) in [6.07, 6.45) is -0.00282. The van der Waals surface area contributed by atoms with Crippen LogP contribution in [-0.2, 0) is 14.3 Å². The van der Waals surface area contributed by atoms with Crippen molar-refractivity contribution in [2.45, 2.75) is 26.0 Å². The van der Waals surface area contributed by atoms with Crippen molar-refractivity contribution in [3.05, 3.63) is 0 Å². The first kappa shape index (κ1) is 10.4. The Bertz CT molecular complexity index is 207. The van der Waals surface area contributed by atoms with E-state index in [1.165, 1.54) is 0 Å².